The van der Waals surface area contributed by atoms with Crippen LogP contribution in [0.1, 0.15) is 23.6 Å². The van der Waals surface area contributed by atoms with Crippen LogP contribution in [-0.2, 0) is 13.1 Å². The molecule has 2 aromatic carbocycles. The van der Waals surface area contributed by atoms with Crippen molar-refractivity contribution in [1.82, 2.24) is 9.88 Å². The smallest absolute Gasteiger partial charge is 0.218 e. The fourth-order valence-electron chi connectivity index (χ4n) is 3.65. The molecule has 3 aromatic rings. The summed E-state index contributed by atoms with van der Waals surface area (Å²) in [4.78, 5) is 7.26. The molecule has 0 amide bonds. The maximum Gasteiger partial charge on any atom is 0.218 e. The van der Waals surface area contributed by atoms with Gasteiger partial charge in [-0.1, -0.05) is 30.3 Å². The van der Waals surface area contributed by atoms with Gasteiger partial charge in [-0.2, -0.15) is 0 Å². The van der Waals surface area contributed by atoms with Crippen molar-refractivity contribution in [2.75, 3.05) is 13.7 Å². The Morgan fingerprint density at radius 3 is 2.77 bits per heavy atom. The van der Waals surface area contributed by atoms with Crippen LogP contribution in [-0.4, -0.2) is 29.6 Å². The van der Waals surface area contributed by atoms with Gasteiger partial charge in [0.1, 0.15) is 11.9 Å². The number of methoxy groups -OCH3 is 1. The molecular weight excluding hydrogens is 324 g/mol. The van der Waals surface area contributed by atoms with Crippen molar-refractivity contribution < 1.29 is 9.47 Å². The summed E-state index contributed by atoms with van der Waals surface area (Å²) >= 11 is 0. The van der Waals surface area contributed by atoms with E-state index in [4.69, 9.17) is 14.5 Å². The molecule has 1 aliphatic rings. The molecular formula is C22H24N2O2. The minimum absolute atomic E-state index is 0.100. The number of aryl methyl sites for hydroxylation is 1. The maximum absolute atomic E-state index is 6.16. The quantitative estimate of drug-likeness (QED) is 0.705. The van der Waals surface area contributed by atoms with Crippen molar-refractivity contribution in [2.45, 2.75) is 33.0 Å². The van der Waals surface area contributed by atoms with Gasteiger partial charge in [-0.05, 0) is 43.2 Å². The number of hydrogen-bond acceptors (Lipinski definition) is 4. The number of aromatic nitrogens is 1. The van der Waals surface area contributed by atoms with Gasteiger partial charge >= 0.3 is 0 Å². The molecule has 1 aliphatic heterocycles. The van der Waals surface area contributed by atoms with Gasteiger partial charge in [-0.15, -0.1) is 0 Å². The van der Waals surface area contributed by atoms with Crippen LogP contribution in [0.2, 0.25) is 0 Å². The molecule has 0 fully saturated rings. The van der Waals surface area contributed by atoms with E-state index in [1.165, 1.54) is 5.56 Å². The number of rotatable bonds is 3. The van der Waals surface area contributed by atoms with Crippen LogP contribution in [0.25, 0.3) is 10.9 Å². The molecule has 0 N–H and O–H groups in total. The standard InChI is InChI=1S/C22H24N2O2/c1-15-9-20(25-3)11-18-10-19-14-24(13-17-7-5-4-6-8-17)12-16(2)26-22(19)23-21(15)18/h4-11,16H,12-14H2,1-3H3/t16-/m0/s1. The lowest BCUT2D eigenvalue weighted by atomic mass is 10.1. The molecule has 0 saturated heterocycles. The van der Waals surface area contributed by atoms with Gasteiger partial charge in [0.2, 0.25) is 5.88 Å². The summed E-state index contributed by atoms with van der Waals surface area (Å²) in [5, 5.41) is 1.10. The van der Waals surface area contributed by atoms with E-state index >= 15 is 0 Å². The zero-order valence-corrected chi connectivity index (χ0v) is 15.5. The van der Waals surface area contributed by atoms with Gasteiger partial charge in [-0.25, -0.2) is 4.98 Å². The molecule has 26 heavy (non-hydrogen) atoms. The number of hydrogen-bond donors (Lipinski definition) is 0. The zero-order chi connectivity index (χ0) is 18.1. The third-order valence-corrected chi connectivity index (χ3v) is 4.83. The minimum atomic E-state index is 0.100. The Balaban J connectivity index is 1.71. The van der Waals surface area contributed by atoms with E-state index in [1.54, 1.807) is 7.11 Å². The van der Waals surface area contributed by atoms with Crippen LogP contribution >= 0.6 is 0 Å². The summed E-state index contributed by atoms with van der Waals surface area (Å²) in [6.45, 7) is 6.78. The van der Waals surface area contributed by atoms with E-state index in [1.807, 2.05) is 12.1 Å². The van der Waals surface area contributed by atoms with Crippen LogP contribution in [0.5, 0.6) is 11.6 Å². The van der Waals surface area contributed by atoms with Gasteiger partial charge in [0.25, 0.3) is 0 Å². The summed E-state index contributed by atoms with van der Waals surface area (Å²) in [5.41, 5.74) is 4.52. The second-order valence-electron chi connectivity index (χ2n) is 7.05. The predicted octanol–water partition coefficient (Wildman–Crippen LogP) is 4.33. The molecule has 0 radical (unpaired) electrons. The number of benzene rings is 2. The van der Waals surface area contributed by atoms with Crippen LogP contribution in [0.3, 0.4) is 0 Å². The highest BCUT2D eigenvalue weighted by atomic mass is 16.5. The Hall–Kier alpha value is -2.59. The lowest BCUT2D eigenvalue weighted by Crippen LogP contribution is -2.30. The highest BCUT2D eigenvalue weighted by Crippen LogP contribution is 2.31. The Morgan fingerprint density at radius 1 is 1.19 bits per heavy atom. The SMILES string of the molecule is COc1cc(C)c2nc3c(cc2c1)CN(Cc1ccccc1)C[C@H](C)O3. The van der Waals surface area contributed by atoms with Crippen molar-refractivity contribution in [3.05, 3.63) is 65.2 Å². The van der Waals surface area contributed by atoms with Gasteiger partial charge in [0.15, 0.2) is 0 Å². The average molecular weight is 348 g/mol. The third-order valence-electron chi connectivity index (χ3n) is 4.83. The summed E-state index contributed by atoms with van der Waals surface area (Å²) in [7, 11) is 1.70. The predicted molar refractivity (Wildman–Crippen MR) is 104 cm³/mol. The van der Waals surface area contributed by atoms with E-state index in [0.29, 0.717) is 0 Å². The van der Waals surface area contributed by atoms with Crippen molar-refractivity contribution >= 4 is 10.9 Å². The van der Waals surface area contributed by atoms with Crippen molar-refractivity contribution in [3.63, 3.8) is 0 Å². The highest BCUT2D eigenvalue weighted by Gasteiger charge is 2.22. The highest BCUT2D eigenvalue weighted by molar-refractivity contribution is 5.84. The second kappa shape index (κ2) is 6.96. The fraction of sp³-hybridized carbons (Fsp3) is 0.318. The average Bonchev–Trinajstić information content (AvgIpc) is 2.77. The zero-order valence-electron chi connectivity index (χ0n) is 15.5. The summed E-state index contributed by atoms with van der Waals surface area (Å²) < 4.78 is 11.6. The normalized spacial score (nSPS) is 17.4. The molecule has 134 valence electrons. The summed E-state index contributed by atoms with van der Waals surface area (Å²) in [5.74, 6) is 1.62. The van der Waals surface area contributed by atoms with E-state index in [0.717, 1.165) is 53.3 Å². The van der Waals surface area contributed by atoms with Gasteiger partial charge < -0.3 is 9.47 Å². The monoisotopic (exact) mass is 348 g/mol. The largest absolute Gasteiger partial charge is 0.497 e. The van der Waals surface area contributed by atoms with E-state index in [9.17, 15) is 0 Å². The Labute approximate surface area is 154 Å². The number of pyridine rings is 1. The van der Waals surface area contributed by atoms with Gasteiger partial charge in [0, 0.05) is 30.6 Å². The number of nitrogens with zero attached hydrogens (tertiary/aromatic N) is 2. The first kappa shape index (κ1) is 16.9. The van der Waals surface area contributed by atoms with Crippen molar-refractivity contribution in [1.29, 1.82) is 0 Å². The fourth-order valence-corrected chi connectivity index (χ4v) is 3.65. The van der Waals surface area contributed by atoms with Crippen molar-refractivity contribution in [3.8, 4) is 11.6 Å². The first-order valence-corrected chi connectivity index (χ1v) is 9.03. The number of ether oxygens (including phenoxy) is 2. The maximum atomic E-state index is 6.16. The number of fused-ring (bicyclic) bond motifs is 2. The van der Waals surface area contributed by atoms with Crippen LogP contribution in [0, 0.1) is 6.92 Å². The van der Waals surface area contributed by atoms with Crippen molar-refractivity contribution in [2.24, 2.45) is 0 Å². The molecule has 2 heterocycles. The molecule has 4 heteroatoms. The lowest BCUT2D eigenvalue weighted by Gasteiger charge is -2.21. The van der Waals surface area contributed by atoms with E-state index in [2.05, 4.69) is 55.1 Å². The molecule has 1 aromatic heterocycles. The first-order chi connectivity index (χ1) is 12.6. The lowest BCUT2D eigenvalue weighted by molar-refractivity contribution is 0.153. The summed E-state index contributed by atoms with van der Waals surface area (Å²) in [6.07, 6.45) is 0.100. The molecule has 0 spiro atoms. The Morgan fingerprint density at radius 2 is 2.00 bits per heavy atom. The van der Waals surface area contributed by atoms with E-state index in [-0.39, 0.29) is 6.10 Å². The molecule has 4 rings (SSSR count). The molecule has 4 nitrogen and oxygen atoms in total. The van der Waals surface area contributed by atoms with Crippen LogP contribution < -0.4 is 9.47 Å². The van der Waals surface area contributed by atoms with Gasteiger partial charge in [-0.3, -0.25) is 4.90 Å². The molecule has 0 saturated carbocycles. The van der Waals surface area contributed by atoms with Gasteiger partial charge in [0.05, 0.1) is 12.6 Å². The molecule has 0 bridgehead atoms. The topological polar surface area (TPSA) is 34.6 Å². The molecule has 1 atom stereocenters. The first-order valence-electron chi connectivity index (χ1n) is 9.03. The Kier molecular flexibility index (Phi) is 4.51. The Bertz CT molecular complexity index is 924. The summed E-state index contributed by atoms with van der Waals surface area (Å²) in [6, 6.07) is 16.8. The van der Waals surface area contributed by atoms with Crippen LogP contribution in [0.4, 0.5) is 0 Å². The van der Waals surface area contributed by atoms with E-state index < -0.39 is 0 Å². The van der Waals surface area contributed by atoms with Crippen LogP contribution in [0.15, 0.2) is 48.5 Å². The minimum Gasteiger partial charge on any atom is -0.497 e. The second-order valence-corrected chi connectivity index (χ2v) is 7.05. The third kappa shape index (κ3) is 3.37. The molecule has 0 unspecified atom stereocenters. The molecule has 0 aliphatic carbocycles.